The van der Waals surface area contributed by atoms with Crippen molar-refractivity contribution in [2.45, 2.75) is 38.8 Å². The third-order valence-corrected chi connectivity index (χ3v) is 5.32. The van der Waals surface area contributed by atoms with Crippen LogP contribution in [0.5, 0.6) is 0 Å². The zero-order valence-electron chi connectivity index (χ0n) is 15.8. The van der Waals surface area contributed by atoms with E-state index in [9.17, 15) is 9.59 Å². The van der Waals surface area contributed by atoms with Gasteiger partial charge in [-0.25, -0.2) is 4.79 Å². The van der Waals surface area contributed by atoms with E-state index >= 15 is 0 Å². The van der Waals surface area contributed by atoms with Gasteiger partial charge in [0.15, 0.2) is 5.60 Å². The van der Waals surface area contributed by atoms with Gasteiger partial charge in [-0.3, -0.25) is 9.69 Å². The molecule has 2 heterocycles. The van der Waals surface area contributed by atoms with Crippen molar-refractivity contribution in [1.82, 2.24) is 10.2 Å². The predicted molar refractivity (Wildman–Crippen MR) is 98.0 cm³/mol. The van der Waals surface area contributed by atoms with Crippen molar-refractivity contribution < 1.29 is 19.1 Å². The van der Waals surface area contributed by atoms with Gasteiger partial charge in [-0.1, -0.05) is 32.0 Å². The van der Waals surface area contributed by atoms with Gasteiger partial charge >= 0.3 is 5.97 Å². The minimum atomic E-state index is -1.17. The first-order valence-corrected chi connectivity index (χ1v) is 9.32. The summed E-state index contributed by atoms with van der Waals surface area (Å²) < 4.78 is 10.9. The minimum absolute atomic E-state index is 0.234. The van der Waals surface area contributed by atoms with Crippen molar-refractivity contribution in [3.63, 3.8) is 0 Å². The SMILES string of the molecule is CC(C)C(CNC(=O)C1(C)Cc2ccccc2C(=O)O1)N1CCOCC1. The van der Waals surface area contributed by atoms with Gasteiger partial charge in [-0.05, 0) is 24.5 Å². The van der Waals surface area contributed by atoms with E-state index < -0.39 is 11.6 Å². The van der Waals surface area contributed by atoms with E-state index in [1.165, 1.54) is 0 Å². The van der Waals surface area contributed by atoms with Gasteiger partial charge in [0.2, 0.25) is 0 Å². The molecule has 1 N–H and O–H groups in total. The quantitative estimate of drug-likeness (QED) is 0.809. The Morgan fingerprint density at radius 2 is 1.96 bits per heavy atom. The highest BCUT2D eigenvalue weighted by Crippen LogP contribution is 2.28. The largest absolute Gasteiger partial charge is 0.445 e. The molecule has 2 aliphatic rings. The number of morpholine rings is 1. The van der Waals surface area contributed by atoms with Gasteiger partial charge in [-0.15, -0.1) is 0 Å². The molecule has 1 amide bonds. The second kappa shape index (κ2) is 7.76. The van der Waals surface area contributed by atoms with Crippen LogP contribution in [-0.4, -0.2) is 61.3 Å². The molecule has 1 aromatic carbocycles. The minimum Gasteiger partial charge on any atom is -0.445 e. The molecule has 2 unspecified atom stereocenters. The normalized spacial score (nSPS) is 24.7. The van der Waals surface area contributed by atoms with E-state index in [1.807, 2.05) is 12.1 Å². The van der Waals surface area contributed by atoms with Crippen LogP contribution in [0.25, 0.3) is 0 Å². The number of nitrogens with zero attached hydrogens (tertiary/aromatic N) is 1. The lowest BCUT2D eigenvalue weighted by Gasteiger charge is -2.38. The van der Waals surface area contributed by atoms with Gasteiger partial charge in [0.1, 0.15) is 0 Å². The van der Waals surface area contributed by atoms with Crippen molar-refractivity contribution in [3.8, 4) is 0 Å². The molecule has 6 nitrogen and oxygen atoms in total. The topological polar surface area (TPSA) is 67.9 Å². The molecule has 26 heavy (non-hydrogen) atoms. The number of amides is 1. The third kappa shape index (κ3) is 3.91. The summed E-state index contributed by atoms with van der Waals surface area (Å²) in [4.78, 5) is 27.5. The van der Waals surface area contributed by atoms with E-state index in [1.54, 1.807) is 19.1 Å². The lowest BCUT2D eigenvalue weighted by atomic mass is 9.89. The van der Waals surface area contributed by atoms with E-state index in [0.717, 1.165) is 31.9 Å². The van der Waals surface area contributed by atoms with Crippen molar-refractivity contribution >= 4 is 11.9 Å². The molecule has 0 saturated carbocycles. The first-order chi connectivity index (χ1) is 12.4. The van der Waals surface area contributed by atoms with Gasteiger partial charge in [0.25, 0.3) is 5.91 Å². The van der Waals surface area contributed by atoms with Gasteiger partial charge < -0.3 is 14.8 Å². The van der Waals surface area contributed by atoms with E-state index in [2.05, 4.69) is 24.1 Å². The molecule has 2 aliphatic heterocycles. The number of carbonyl (C=O) groups excluding carboxylic acids is 2. The molecule has 3 rings (SSSR count). The fourth-order valence-corrected chi connectivity index (χ4v) is 3.74. The molecule has 0 spiro atoms. The Hall–Kier alpha value is -1.92. The van der Waals surface area contributed by atoms with Crippen molar-refractivity contribution in [2.24, 2.45) is 5.92 Å². The molecule has 1 aromatic rings. The Morgan fingerprint density at radius 3 is 2.65 bits per heavy atom. The molecule has 2 atom stereocenters. The van der Waals surface area contributed by atoms with Gasteiger partial charge in [0.05, 0.1) is 18.8 Å². The maximum atomic E-state index is 12.9. The van der Waals surface area contributed by atoms with Crippen LogP contribution in [0.15, 0.2) is 24.3 Å². The summed E-state index contributed by atoms with van der Waals surface area (Å²) >= 11 is 0. The van der Waals surface area contributed by atoms with Crippen molar-refractivity contribution in [1.29, 1.82) is 0 Å². The Morgan fingerprint density at radius 1 is 1.27 bits per heavy atom. The second-order valence-corrected chi connectivity index (χ2v) is 7.62. The lowest BCUT2D eigenvalue weighted by molar-refractivity contribution is -0.140. The molecular formula is C20H28N2O4. The summed E-state index contributed by atoms with van der Waals surface area (Å²) in [5, 5.41) is 3.02. The Kier molecular flexibility index (Phi) is 5.63. The Balaban J connectivity index is 1.66. The number of ether oxygens (including phenoxy) is 2. The van der Waals surface area contributed by atoms with E-state index in [4.69, 9.17) is 9.47 Å². The van der Waals surface area contributed by atoms with Crippen LogP contribution in [0.4, 0.5) is 0 Å². The van der Waals surface area contributed by atoms with Crippen LogP contribution in [0.1, 0.15) is 36.7 Å². The second-order valence-electron chi connectivity index (χ2n) is 7.62. The molecule has 0 aromatic heterocycles. The highest BCUT2D eigenvalue weighted by molar-refractivity contribution is 5.97. The number of rotatable bonds is 5. The number of benzene rings is 1. The van der Waals surface area contributed by atoms with Crippen molar-refractivity contribution in [2.75, 3.05) is 32.8 Å². The number of esters is 1. The van der Waals surface area contributed by atoms with Gasteiger partial charge in [-0.2, -0.15) is 0 Å². The summed E-state index contributed by atoms with van der Waals surface area (Å²) in [5.74, 6) is -0.270. The fourth-order valence-electron chi connectivity index (χ4n) is 3.74. The van der Waals surface area contributed by atoms with Crippen LogP contribution in [-0.2, 0) is 20.7 Å². The van der Waals surface area contributed by atoms with Crippen LogP contribution in [0, 0.1) is 5.92 Å². The smallest absolute Gasteiger partial charge is 0.339 e. The Labute approximate surface area is 154 Å². The molecule has 142 valence electrons. The maximum absolute atomic E-state index is 12.9. The summed E-state index contributed by atoms with van der Waals surface area (Å²) in [7, 11) is 0. The number of hydrogen-bond donors (Lipinski definition) is 1. The molecular weight excluding hydrogens is 332 g/mol. The Bertz CT molecular complexity index is 670. The van der Waals surface area contributed by atoms with Crippen molar-refractivity contribution in [3.05, 3.63) is 35.4 Å². The number of fused-ring (bicyclic) bond motifs is 1. The first-order valence-electron chi connectivity index (χ1n) is 9.32. The molecule has 0 radical (unpaired) electrons. The number of carbonyl (C=O) groups is 2. The summed E-state index contributed by atoms with van der Waals surface area (Å²) in [6, 6.07) is 7.54. The van der Waals surface area contributed by atoms with E-state index in [-0.39, 0.29) is 11.9 Å². The fraction of sp³-hybridized carbons (Fsp3) is 0.600. The highest BCUT2D eigenvalue weighted by atomic mass is 16.6. The average molecular weight is 360 g/mol. The molecule has 1 saturated heterocycles. The maximum Gasteiger partial charge on any atom is 0.339 e. The van der Waals surface area contributed by atoms with Crippen LogP contribution in [0.3, 0.4) is 0 Å². The average Bonchev–Trinajstić information content (AvgIpc) is 2.62. The molecule has 0 aliphatic carbocycles. The standard InChI is InChI=1S/C20H28N2O4/c1-14(2)17(22-8-10-25-11-9-22)13-21-19(24)20(3)12-15-6-4-5-7-16(15)18(23)26-20/h4-7,14,17H,8-13H2,1-3H3,(H,21,24). The third-order valence-electron chi connectivity index (χ3n) is 5.32. The van der Waals surface area contributed by atoms with Gasteiger partial charge in [0, 0.05) is 32.1 Å². The lowest BCUT2D eigenvalue weighted by Crippen LogP contribution is -2.56. The first kappa shape index (κ1) is 18.9. The van der Waals surface area contributed by atoms with Crippen LogP contribution >= 0.6 is 0 Å². The summed E-state index contributed by atoms with van der Waals surface area (Å²) in [6.45, 7) is 9.74. The number of cyclic esters (lactones) is 1. The molecule has 6 heteroatoms. The number of hydrogen-bond acceptors (Lipinski definition) is 5. The summed E-state index contributed by atoms with van der Waals surface area (Å²) in [5.41, 5.74) is 0.235. The number of nitrogens with one attached hydrogen (secondary N) is 1. The van der Waals surface area contributed by atoms with Crippen LogP contribution < -0.4 is 5.32 Å². The molecule has 1 fully saturated rings. The van der Waals surface area contributed by atoms with Crippen LogP contribution in [0.2, 0.25) is 0 Å². The zero-order chi connectivity index (χ0) is 18.7. The highest BCUT2D eigenvalue weighted by Gasteiger charge is 2.42. The monoisotopic (exact) mass is 360 g/mol. The predicted octanol–water partition coefficient (Wildman–Crippen LogP) is 1.63. The molecule has 0 bridgehead atoms. The van der Waals surface area contributed by atoms with E-state index in [0.29, 0.717) is 24.4 Å². The zero-order valence-corrected chi connectivity index (χ0v) is 15.8. The summed E-state index contributed by atoms with van der Waals surface area (Å²) in [6.07, 6.45) is 0.393.